The summed E-state index contributed by atoms with van der Waals surface area (Å²) in [5, 5.41) is 29.2. The van der Waals surface area contributed by atoms with Gasteiger partial charge in [0.1, 0.15) is 30.2 Å². The second-order valence-corrected chi connectivity index (χ2v) is 24.1. The molecule has 30 heteroatoms. The van der Waals surface area contributed by atoms with Crippen molar-refractivity contribution in [2.45, 2.75) is 132 Å². The van der Waals surface area contributed by atoms with Crippen molar-refractivity contribution in [3.63, 3.8) is 0 Å². The van der Waals surface area contributed by atoms with Crippen molar-refractivity contribution in [2.24, 2.45) is 0 Å². The lowest BCUT2D eigenvalue weighted by Crippen LogP contribution is -2.48. The number of nitrogens with zero attached hydrogens (tertiary/aromatic N) is 2. The molecule has 2 saturated heterocycles. The summed E-state index contributed by atoms with van der Waals surface area (Å²) >= 11 is 0. The van der Waals surface area contributed by atoms with E-state index in [0.29, 0.717) is 39.1 Å². The molecule has 2 aromatic heterocycles. The Balaban J connectivity index is 1.02. The van der Waals surface area contributed by atoms with Crippen molar-refractivity contribution in [1.29, 1.82) is 0 Å². The number of halogens is 4. The predicted molar refractivity (Wildman–Crippen MR) is 281 cm³/mol. The number of aliphatic hydroxyl groups is 2. The molecule has 0 bridgehead atoms. The zero-order valence-corrected chi connectivity index (χ0v) is 46.4. The molecule has 0 radical (unpaired) electrons. The van der Waals surface area contributed by atoms with Crippen molar-refractivity contribution >= 4 is 49.0 Å². The standard InChI is InChI=1S/C52H56F4N6O18P2/c1-27(2)74-40(65)29(5)59-81(71,73-26-50(55)42(67)48(6,53)44(76-50)61-21-19-38(63)57-46(61)68)78-34-18-17-31-16-15-30(23-33(31)25-34)24-36(41(66)75-28(3)4)60-82(72,79-37-14-10-12-32-11-8-9-13-35(32)37)80-43-51(70)49(7,54)45(77-52(43,51)56)62-22-20-39(64)58-47(62)69/h8-23,25,27-29,36,42-45,67,70H,24,26H2,1-7H3,(H,59,71)(H,60,72)(H,57,63,68)(H,58,64,69)/t29?,36?,42-,43?,44+,45+,48+,49-,50+,51-,52+,81?,82?/m0/s1. The fourth-order valence-electron chi connectivity index (χ4n) is 9.65. The number of aliphatic hydroxyl groups excluding tert-OH is 1. The molecule has 6 aromatic rings. The van der Waals surface area contributed by atoms with Crippen LogP contribution >= 0.6 is 15.5 Å². The number of fused-ring (bicyclic) bond motifs is 3. The van der Waals surface area contributed by atoms with Gasteiger partial charge in [-0.3, -0.25) is 47.3 Å². The lowest BCUT2D eigenvalue weighted by atomic mass is 9.97. The van der Waals surface area contributed by atoms with Gasteiger partial charge in [0.25, 0.3) is 22.8 Å². The molecule has 4 heterocycles. The van der Waals surface area contributed by atoms with Crippen LogP contribution in [-0.4, -0.2) is 113 Å². The number of aromatic amines is 2. The molecule has 0 amide bonds. The second-order valence-electron chi connectivity index (χ2n) is 20.8. The molecule has 13 atom stereocenters. The van der Waals surface area contributed by atoms with Crippen LogP contribution < -0.4 is 41.7 Å². The molecule has 0 spiro atoms. The van der Waals surface area contributed by atoms with E-state index in [2.05, 4.69) is 10.2 Å². The van der Waals surface area contributed by atoms with Crippen molar-refractivity contribution in [1.82, 2.24) is 29.3 Å². The highest BCUT2D eigenvalue weighted by Crippen LogP contribution is 2.73. The van der Waals surface area contributed by atoms with Gasteiger partial charge < -0.3 is 38.2 Å². The minimum atomic E-state index is -5.31. The van der Waals surface area contributed by atoms with Crippen LogP contribution in [0.15, 0.2) is 123 Å². The van der Waals surface area contributed by atoms with Crippen molar-refractivity contribution in [3.8, 4) is 11.5 Å². The second kappa shape index (κ2) is 21.7. The van der Waals surface area contributed by atoms with Crippen LogP contribution in [0, 0.1) is 0 Å². The van der Waals surface area contributed by atoms with Crippen molar-refractivity contribution < 1.29 is 83.5 Å². The molecule has 5 unspecified atom stereocenters. The molecule has 4 aromatic carbocycles. The molecule has 1 aliphatic carbocycles. The number of carbonyl (C=O) groups is 2. The lowest BCUT2D eigenvalue weighted by Gasteiger charge is -2.31. The Kier molecular flexibility index (Phi) is 15.8. The molecule has 82 heavy (non-hydrogen) atoms. The first-order chi connectivity index (χ1) is 38.3. The average Bonchev–Trinajstić information content (AvgIpc) is 1.99. The van der Waals surface area contributed by atoms with Crippen molar-refractivity contribution in [3.05, 3.63) is 151 Å². The van der Waals surface area contributed by atoms with Crippen LogP contribution in [-0.2, 0) is 53.1 Å². The molecular formula is C52H56F4N6O18P2. The summed E-state index contributed by atoms with van der Waals surface area (Å²) < 4.78 is 142. The van der Waals surface area contributed by atoms with E-state index in [0.717, 1.165) is 24.5 Å². The summed E-state index contributed by atoms with van der Waals surface area (Å²) in [7, 11) is -10.4. The zero-order valence-electron chi connectivity index (χ0n) is 44.6. The van der Waals surface area contributed by atoms with E-state index in [1.165, 1.54) is 71.0 Å². The monoisotopic (exact) mass is 1190 g/mol. The van der Waals surface area contributed by atoms with Gasteiger partial charge in [-0.05, 0) is 94.8 Å². The number of carbonyl (C=O) groups excluding carboxylic acids is 2. The third-order valence-corrected chi connectivity index (χ3v) is 17.0. The normalized spacial score (nSPS) is 29.0. The number of H-pyrrole nitrogens is 2. The first-order valence-corrected chi connectivity index (χ1v) is 28.4. The Morgan fingerprint density at radius 1 is 0.720 bits per heavy atom. The Labute approximate surface area is 461 Å². The Morgan fingerprint density at radius 2 is 1.33 bits per heavy atom. The summed E-state index contributed by atoms with van der Waals surface area (Å²) in [5.74, 6) is -9.54. The first-order valence-electron chi connectivity index (χ1n) is 25.4. The van der Waals surface area contributed by atoms with Crippen LogP contribution in [0.3, 0.4) is 0 Å². The van der Waals surface area contributed by atoms with E-state index in [4.69, 9.17) is 37.0 Å². The Bertz CT molecular complexity index is 3820. The van der Waals surface area contributed by atoms with Gasteiger partial charge in [-0.2, -0.15) is 10.2 Å². The Morgan fingerprint density at radius 3 is 1.95 bits per heavy atom. The maximum Gasteiger partial charge on any atom is 0.460 e. The largest absolute Gasteiger partial charge is 0.462 e. The van der Waals surface area contributed by atoms with Gasteiger partial charge in [0.15, 0.2) is 41.6 Å². The zero-order chi connectivity index (χ0) is 59.7. The topological polar surface area (TPSA) is 316 Å². The average molecular weight is 1190 g/mol. The molecule has 3 fully saturated rings. The smallest absolute Gasteiger partial charge is 0.460 e. The van der Waals surface area contributed by atoms with E-state index in [-0.39, 0.29) is 22.4 Å². The fourth-order valence-corrected chi connectivity index (χ4v) is 12.9. The SMILES string of the molecule is CC(C)OC(=O)C(C)NP(=O)(OC[C@@]1(F)O[C@@H](n2ccc(=O)[nH]c2=O)[C@](C)(F)[C@@H]1O)Oc1ccc2ccc(CC(NP(=O)(Oc3cccc4ccccc34)OC3[C@]4(O)[C@@](C)(F)[C@H](n5ccc(=O)[nH]c5=O)O[C@]34F)C(=O)OC(C)C)cc2c1. The molecule has 440 valence electrons. The van der Waals surface area contributed by atoms with Gasteiger partial charge in [-0.25, -0.2) is 36.3 Å². The molecule has 1 saturated carbocycles. The van der Waals surface area contributed by atoms with E-state index in [1.54, 1.807) is 42.5 Å². The fraction of sp³-hybridized carbons (Fsp3) is 0.423. The molecule has 9 rings (SSSR count). The van der Waals surface area contributed by atoms with Crippen LogP contribution in [0.4, 0.5) is 17.6 Å². The number of hydrogen-bond donors (Lipinski definition) is 6. The van der Waals surface area contributed by atoms with E-state index in [1.807, 2.05) is 9.97 Å². The summed E-state index contributed by atoms with van der Waals surface area (Å²) in [4.78, 5) is 79.6. The number of rotatable bonds is 21. The molecule has 2 aliphatic heterocycles. The van der Waals surface area contributed by atoms with Gasteiger partial charge in [-0.15, -0.1) is 0 Å². The van der Waals surface area contributed by atoms with E-state index in [9.17, 15) is 43.5 Å². The highest BCUT2D eigenvalue weighted by Gasteiger charge is 2.96. The minimum absolute atomic E-state index is 0.140. The summed E-state index contributed by atoms with van der Waals surface area (Å²) in [6.45, 7) is 7.15. The van der Waals surface area contributed by atoms with Gasteiger partial charge in [0.2, 0.25) is 0 Å². The summed E-state index contributed by atoms with van der Waals surface area (Å²) in [5.41, 5.74) is -13.5. The Hall–Kier alpha value is -6.84. The summed E-state index contributed by atoms with van der Waals surface area (Å²) in [6, 6.07) is 18.3. The third-order valence-electron chi connectivity index (χ3n) is 13.8. The van der Waals surface area contributed by atoms with Gasteiger partial charge in [-0.1, -0.05) is 60.7 Å². The number of aromatic nitrogens is 4. The van der Waals surface area contributed by atoms with Crippen LogP contribution in [0.1, 0.15) is 66.5 Å². The molecular weight excluding hydrogens is 1130 g/mol. The number of hydrogen-bond acceptors (Lipinski definition) is 18. The third kappa shape index (κ3) is 11.2. The van der Waals surface area contributed by atoms with Crippen LogP contribution in [0.2, 0.25) is 0 Å². The highest BCUT2D eigenvalue weighted by molar-refractivity contribution is 7.52. The highest BCUT2D eigenvalue weighted by atomic mass is 31.2. The quantitative estimate of drug-likeness (QED) is 0.0294. The van der Waals surface area contributed by atoms with Crippen LogP contribution in [0.5, 0.6) is 11.5 Å². The van der Waals surface area contributed by atoms with Gasteiger partial charge >= 0.3 is 38.8 Å². The van der Waals surface area contributed by atoms with E-state index < -0.39 is 141 Å². The molecule has 3 aliphatic rings. The maximum atomic E-state index is 17.0. The number of benzene rings is 4. The molecule has 24 nitrogen and oxygen atoms in total. The summed E-state index contributed by atoms with van der Waals surface area (Å²) in [6.07, 6.45) is -9.84. The van der Waals surface area contributed by atoms with Gasteiger partial charge in [0.05, 0.1) is 12.2 Å². The number of ether oxygens (including phenoxy) is 4. The first kappa shape index (κ1) is 59.8. The maximum absolute atomic E-state index is 17.0. The number of alkyl halides is 4. The number of esters is 2. The minimum Gasteiger partial charge on any atom is -0.462 e. The lowest BCUT2D eigenvalue weighted by molar-refractivity contribution is -0.204. The van der Waals surface area contributed by atoms with Gasteiger partial charge in [0, 0.05) is 29.9 Å². The van der Waals surface area contributed by atoms with E-state index >= 15 is 22.1 Å². The van der Waals surface area contributed by atoms with Crippen LogP contribution in [0.25, 0.3) is 21.5 Å². The van der Waals surface area contributed by atoms with Crippen molar-refractivity contribution in [2.75, 3.05) is 6.61 Å². The number of nitrogens with one attached hydrogen (secondary N) is 4. The molecule has 6 N–H and O–H groups in total. The predicted octanol–water partition coefficient (Wildman–Crippen LogP) is 5.50.